The number of amides is 2. The fraction of sp³-hybridized carbons (Fsp3) is 0.600. The average Bonchev–Trinajstić information content (AvgIpc) is 2.69. The molecule has 1 aromatic rings. The van der Waals surface area contributed by atoms with Crippen LogP contribution in [-0.4, -0.2) is 55.6 Å². The van der Waals surface area contributed by atoms with Crippen molar-refractivity contribution in [2.45, 2.75) is 38.6 Å². The van der Waals surface area contributed by atoms with E-state index in [9.17, 15) is 9.59 Å². The van der Waals surface area contributed by atoms with Gasteiger partial charge in [-0.15, -0.1) is 12.4 Å². The number of nitrogens with two attached hydrogens (primary N) is 1. The summed E-state index contributed by atoms with van der Waals surface area (Å²) >= 11 is 0. The van der Waals surface area contributed by atoms with Gasteiger partial charge in [0.2, 0.25) is 5.91 Å². The molecule has 3 rings (SSSR count). The lowest BCUT2D eigenvalue weighted by Crippen LogP contribution is -2.54. The molecule has 2 amide bonds. The smallest absolute Gasteiger partial charge is 0.251 e. The SMILES string of the molecule is Cc1ccccc1C(=O)NC1CCN(C(=O)C2(CN)CCOCC2)CC1.Cl. The molecule has 0 aliphatic carbocycles. The first kappa shape index (κ1) is 21.7. The van der Waals surface area contributed by atoms with Gasteiger partial charge in [0.15, 0.2) is 0 Å². The van der Waals surface area contributed by atoms with Crippen LogP contribution in [0.25, 0.3) is 0 Å². The second kappa shape index (κ2) is 9.53. The summed E-state index contributed by atoms with van der Waals surface area (Å²) in [5.74, 6) is 0.128. The maximum atomic E-state index is 13.0. The Morgan fingerprint density at radius 3 is 2.44 bits per heavy atom. The number of aryl methyl sites for hydroxylation is 1. The molecule has 6 nitrogen and oxygen atoms in total. The molecular weight excluding hydrogens is 366 g/mol. The fourth-order valence-corrected chi connectivity index (χ4v) is 3.92. The molecule has 7 heteroatoms. The van der Waals surface area contributed by atoms with Crippen molar-refractivity contribution >= 4 is 24.2 Å². The summed E-state index contributed by atoms with van der Waals surface area (Å²) in [6.07, 6.45) is 2.96. The van der Waals surface area contributed by atoms with E-state index in [2.05, 4.69) is 5.32 Å². The van der Waals surface area contributed by atoms with Gasteiger partial charge < -0.3 is 20.7 Å². The molecule has 150 valence electrons. The molecule has 2 aliphatic rings. The molecule has 0 unspecified atom stereocenters. The lowest BCUT2D eigenvalue weighted by molar-refractivity contribution is -0.148. The molecule has 27 heavy (non-hydrogen) atoms. The van der Waals surface area contributed by atoms with Crippen molar-refractivity contribution < 1.29 is 14.3 Å². The van der Waals surface area contributed by atoms with Crippen LogP contribution < -0.4 is 11.1 Å². The second-order valence-corrected chi connectivity index (χ2v) is 7.45. The molecule has 1 aromatic carbocycles. The molecule has 2 heterocycles. The average molecular weight is 396 g/mol. The first-order valence-corrected chi connectivity index (χ1v) is 9.49. The normalized spacial score (nSPS) is 19.9. The van der Waals surface area contributed by atoms with Gasteiger partial charge in [0.1, 0.15) is 0 Å². The van der Waals surface area contributed by atoms with Crippen LogP contribution in [0.4, 0.5) is 0 Å². The number of benzene rings is 1. The molecule has 3 N–H and O–H groups in total. The van der Waals surface area contributed by atoms with Crippen LogP contribution in [0, 0.1) is 12.3 Å². The van der Waals surface area contributed by atoms with Gasteiger partial charge in [-0.1, -0.05) is 18.2 Å². The van der Waals surface area contributed by atoms with E-state index in [1.54, 1.807) is 0 Å². The predicted octanol–water partition coefficient (Wildman–Crippen LogP) is 1.89. The van der Waals surface area contributed by atoms with Crippen LogP contribution in [0.5, 0.6) is 0 Å². The van der Waals surface area contributed by atoms with Crippen molar-refractivity contribution in [1.82, 2.24) is 10.2 Å². The lowest BCUT2D eigenvalue weighted by atomic mass is 9.78. The number of nitrogens with zero attached hydrogens (tertiary/aromatic N) is 1. The Morgan fingerprint density at radius 2 is 1.85 bits per heavy atom. The number of rotatable bonds is 4. The zero-order valence-electron chi connectivity index (χ0n) is 15.9. The highest BCUT2D eigenvalue weighted by Gasteiger charge is 2.42. The van der Waals surface area contributed by atoms with Crippen molar-refractivity contribution in [1.29, 1.82) is 0 Å². The van der Waals surface area contributed by atoms with Crippen LogP contribution in [-0.2, 0) is 9.53 Å². The first-order chi connectivity index (χ1) is 12.6. The van der Waals surface area contributed by atoms with Crippen LogP contribution in [0.1, 0.15) is 41.6 Å². The Bertz CT molecular complexity index is 654. The number of hydrogen-bond acceptors (Lipinski definition) is 4. The van der Waals surface area contributed by atoms with Gasteiger partial charge >= 0.3 is 0 Å². The first-order valence-electron chi connectivity index (χ1n) is 9.49. The van der Waals surface area contributed by atoms with Gasteiger partial charge in [0, 0.05) is 44.5 Å². The monoisotopic (exact) mass is 395 g/mol. The van der Waals surface area contributed by atoms with E-state index in [4.69, 9.17) is 10.5 Å². The number of likely N-dealkylation sites (tertiary alicyclic amines) is 1. The topological polar surface area (TPSA) is 84.7 Å². The summed E-state index contributed by atoms with van der Waals surface area (Å²) in [7, 11) is 0. The molecule has 0 aromatic heterocycles. The standard InChI is InChI=1S/C20H29N3O3.ClH/c1-15-4-2-3-5-17(15)18(24)22-16-6-10-23(11-7-16)19(25)20(14-21)8-12-26-13-9-20;/h2-5,16H,6-14,21H2,1H3,(H,22,24);1H. The van der Waals surface area contributed by atoms with Gasteiger partial charge in [0.25, 0.3) is 5.91 Å². The van der Waals surface area contributed by atoms with E-state index in [1.165, 1.54) is 0 Å². The Labute approximate surface area is 167 Å². The Hall–Kier alpha value is -1.63. The van der Waals surface area contributed by atoms with Crippen LogP contribution >= 0.6 is 12.4 Å². The fourth-order valence-electron chi connectivity index (χ4n) is 3.92. The predicted molar refractivity (Wildman–Crippen MR) is 107 cm³/mol. The summed E-state index contributed by atoms with van der Waals surface area (Å²) in [6.45, 7) is 4.85. The van der Waals surface area contributed by atoms with Crippen molar-refractivity contribution in [3.63, 3.8) is 0 Å². The van der Waals surface area contributed by atoms with Crippen molar-refractivity contribution in [3.8, 4) is 0 Å². The Morgan fingerprint density at radius 1 is 1.22 bits per heavy atom. The Balaban J connectivity index is 0.00000261. The molecule has 2 fully saturated rings. The van der Waals surface area contributed by atoms with Gasteiger partial charge in [-0.05, 0) is 44.2 Å². The summed E-state index contributed by atoms with van der Waals surface area (Å²) in [6, 6.07) is 7.70. The van der Waals surface area contributed by atoms with E-state index in [0.29, 0.717) is 45.7 Å². The highest BCUT2D eigenvalue weighted by Crippen LogP contribution is 2.32. The molecule has 0 spiro atoms. The number of hydrogen-bond donors (Lipinski definition) is 2. The van der Waals surface area contributed by atoms with E-state index in [-0.39, 0.29) is 30.3 Å². The molecule has 0 saturated carbocycles. The summed E-state index contributed by atoms with van der Waals surface area (Å²) in [5.41, 5.74) is 7.19. The van der Waals surface area contributed by atoms with E-state index in [1.807, 2.05) is 36.1 Å². The number of nitrogens with one attached hydrogen (secondary N) is 1. The number of ether oxygens (including phenoxy) is 1. The van der Waals surface area contributed by atoms with Crippen LogP contribution in [0.3, 0.4) is 0 Å². The maximum Gasteiger partial charge on any atom is 0.251 e. The highest BCUT2D eigenvalue weighted by molar-refractivity contribution is 5.95. The van der Waals surface area contributed by atoms with E-state index < -0.39 is 5.41 Å². The van der Waals surface area contributed by atoms with Crippen molar-refractivity contribution in [2.24, 2.45) is 11.1 Å². The molecule has 2 saturated heterocycles. The molecule has 0 bridgehead atoms. The summed E-state index contributed by atoms with van der Waals surface area (Å²) in [5, 5.41) is 3.12. The zero-order chi connectivity index (χ0) is 18.6. The summed E-state index contributed by atoms with van der Waals surface area (Å²) < 4.78 is 5.40. The zero-order valence-corrected chi connectivity index (χ0v) is 16.7. The van der Waals surface area contributed by atoms with Crippen molar-refractivity contribution in [2.75, 3.05) is 32.8 Å². The van der Waals surface area contributed by atoms with Crippen LogP contribution in [0.2, 0.25) is 0 Å². The molecule has 2 aliphatic heterocycles. The number of carbonyl (C=O) groups excluding carboxylic acids is 2. The third kappa shape index (κ3) is 4.81. The largest absolute Gasteiger partial charge is 0.381 e. The molecular formula is C20H30ClN3O3. The number of piperidine rings is 1. The highest BCUT2D eigenvalue weighted by atomic mass is 35.5. The van der Waals surface area contributed by atoms with Gasteiger partial charge in [-0.2, -0.15) is 0 Å². The lowest BCUT2D eigenvalue weighted by Gasteiger charge is -2.41. The van der Waals surface area contributed by atoms with Crippen molar-refractivity contribution in [3.05, 3.63) is 35.4 Å². The molecule has 0 atom stereocenters. The minimum absolute atomic E-state index is 0. The second-order valence-electron chi connectivity index (χ2n) is 7.45. The number of halogens is 1. The third-order valence-corrected chi connectivity index (χ3v) is 5.80. The van der Waals surface area contributed by atoms with E-state index >= 15 is 0 Å². The number of carbonyl (C=O) groups is 2. The Kier molecular flexibility index (Phi) is 7.65. The quantitative estimate of drug-likeness (QED) is 0.815. The van der Waals surface area contributed by atoms with Gasteiger partial charge in [-0.3, -0.25) is 9.59 Å². The maximum absolute atomic E-state index is 13.0. The molecule has 0 radical (unpaired) electrons. The minimum atomic E-state index is -0.463. The third-order valence-electron chi connectivity index (χ3n) is 5.80. The van der Waals surface area contributed by atoms with Gasteiger partial charge in [-0.25, -0.2) is 0 Å². The van der Waals surface area contributed by atoms with Crippen LogP contribution in [0.15, 0.2) is 24.3 Å². The minimum Gasteiger partial charge on any atom is -0.381 e. The summed E-state index contributed by atoms with van der Waals surface area (Å²) in [4.78, 5) is 27.4. The van der Waals surface area contributed by atoms with Gasteiger partial charge in [0.05, 0.1) is 5.41 Å². The van der Waals surface area contributed by atoms with E-state index in [0.717, 1.165) is 24.0 Å².